The van der Waals surface area contributed by atoms with E-state index in [-0.39, 0.29) is 5.97 Å². The number of aryl methyl sites for hydroxylation is 1. The Morgan fingerprint density at radius 3 is 2.41 bits per heavy atom. The Hall–Kier alpha value is -2.17. The van der Waals surface area contributed by atoms with Crippen molar-refractivity contribution in [2.24, 2.45) is 0 Å². The molecule has 4 heteroatoms. The molecule has 1 fully saturated rings. The predicted octanol–water partition coefficient (Wildman–Crippen LogP) is 3.43. The van der Waals surface area contributed by atoms with Gasteiger partial charge in [-0.1, -0.05) is 18.2 Å². The van der Waals surface area contributed by atoms with Crippen molar-refractivity contribution in [3.63, 3.8) is 0 Å². The summed E-state index contributed by atoms with van der Waals surface area (Å²) >= 11 is 0. The number of ether oxygens (including phenoxy) is 3. The molecular weight excluding hydrogens is 280 g/mol. The Morgan fingerprint density at radius 1 is 1.09 bits per heavy atom. The average molecular weight is 298 g/mol. The van der Waals surface area contributed by atoms with Crippen LogP contribution in [0.25, 0.3) is 0 Å². The van der Waals surface area contributed by atoms with Crippen LogP contribution in [0.5, 0.6) is 5.75 Å². The highest BCUT2D eigenvalue weighted by Gasteiger charge is 2.33. The van der Waals surface area contributed by atoms with Gasteiger partial charge in [0.15, 0.2) is 5.79 Å². The quantitative estimate of drug-likeness (QED) is 0.643. The molecule has 0 aromatic heterocycles. The van der Waals surface area contributed by atoms with Gasteiger partial charge in [0.25, 0.3) is 0 Å². The minimum atomic E-state index is -0.716. The first kappa shape index (κ1) is 14.8. The van der Waals surface area contributed by atoms with Crippen LogP contribution in [0.3, 0.4) is 0 Å². The fourth-order valence-corrected chi connectivity index (χ4v) is 2.46. The van der Waals surface area contributed by atoms with Crippen LogP contribution in [0.1, 0.15) is 28.4 Å². The number of hydrogen-bond acceptors (Lipinski definition) is 4. The molecule has 114 valence electrons. The Bertz CT molecular complexity index is 673. The van der Waals surface area contributed by atoms with Gasteiger partial charge in [-0.15, -0.1) is 0 Å². The highest BCUT2D eigenvalue weighted by atomic mass is 16.7. The first-order chi connectivity index (χ1) is 10.6. The van der Waals surface area contributed by atoms with Crippen LogP contribution in [-0.4, -0.2) is 19.2 Å². The monoisotopic (exact) mass is 298 g/mol. The van der Waals surface area contributed by atoms with Crippen molar-refractivity contribution >= 4 is 5.97 Å². The number of benzene rings is 2. The third-order valence-electron chi connectivity index (χ3n) is 3.75. The van der Waals surface area contributed by atoms with Crippen LogP contribution in [0.15, 0.2) is 48.5 Å². The molecule has 0 N–H and O–H groups in total. The van der Waals surface area contributed by atoms with Crippen LogP contribution in [-0.2, 0) is 15.3 Å². The molecule has 0 radical (unpaired) electrons. The molecule has 0 saturated carbocycles. The zero-order chi connectivity index (χ0) is 15.6. The van der Waals surface area contributed by atoms with Crippen LogP contribution < -0.4 is 4.74 Å². The summed E-state index contributed by atoms with van der Waals surface area (Å²) in [4.78, 5) is 12.1. The molecule has 0 amide bonds. The summed E-state index contributed by atoms with van der Waals surface area (Å²) in [6.45, 7) is 4.96. The normalized spacial score (nSPS) is 16.5. The molecule has 0 aliphatic carbocycles. The Labute approximate surface area is 129 Å². The van der Waals surface area contributed by atoms with Crippen molar-refractivity contribution in [2.45, 2.75) is 19.6 Å². The van der Waals surface area contributed by atoms with E-state index >= 15 is 0 Å². The van der Waals surface area contributed by atoms with Crippen LogP contribution in [0.4, 0.5) is 0 Å². The summed E-state index contributed by atoms with van der Waals surface area (Å²) < 4.78 is 16.7. The third-order valence-corrected chi connectivity index (χ3v) is 3.75. The van der Waals surface area contributed by atoms with E-state index < -0.39 is 5.79 Å². The van der Waals surface area contributed by atoms with Gasteiger partial charge in [0.2, 0.25) is 0 Å². The summed E-state index contributed by atoms with van der Waals surface area (Å²) in [6.07, 6.45) is 0. The molecule has 0 spiro atoms. The SMILES string of the molecule is Cc1cc(C2(C)OCCO2)ccc1OC(=O)c1ccccc1. The first-order valence-electron chi connectivity index (χ1n) is 7.25. The lowest BCUT2D eigenvalue weighted by Gasteiger charge is -2.23. The minimum absolute atomic E-state index is 0.365. The molecule has 1 aliphatic heterocycles. The number of carbonyl (C=O) groups is 1. The molecule has 0 unspecified atom stereocenters. The fourth-order valence-electron chi connectivity index (χ4n) is 2.46. The second-order valence-corrected chi connectivity index (χ2v) is 5.38. The van der Waals surface area contributed by atoms with Gasteiger partial charge >= 0.3 is 5.97 Å². The van der Waals surface area contributed by atoms with Crippen molar-refractivity contribution in [3.8, 4) is 5.75 Å². The third kappa shape index (κ3) is 2.89. The maximum Gasteiger partial charge on any atom is 0.343 e. The second-order valence-electron chi connectivity index (χ2n) is 5.38. The van der Waals surface area contributed by atoms with E-state index in [2.05, 4.69) is 0 Å². The van der Waals surface area contributed by atoms with Crippen LogP contribution in [0.2, 0.25) is 0 Å². The molecule has 2 aromatic carbocycles. The van der Waals surface area contributed by atoms with Gasteiger partial charge in [0.05, 0.1) is 18.8 Å². The molecule has 0 atom stereocenters. The summed E-state index contributed by atoms with van der Waals surface area (Å²) in [6, 6.07) is 14.5. The molecule has 1 heterocycles. The van der Waals surface area contributed by atoms with Gasteiger partial charge in [-0.25, -0.2) is 4.79 Å². The van der Waals surface area contributed by atoms with Crippen LogP contribution >= 0.6 is 0 Å². The van der Waals surface area contributed by atoms with E-state index in [1.165, 1.54) is 0 Å². The van der Waals surface area contributed by atoms with Gasteiger partial charge in [0.1, 0.15) is 5.75 Å². The van der Waals surface area contributed by atoms with E-state index in [4.69, 9.17) is 14.2 Å². The molecule has 3 rings (SSSR count). The van der Waals surface area contributed by atoms with Gasteiger partial charge in [0, 0.05) is 5.56 Å². The molecule has 0 bridgehead atoms. The lowest BCUT2D eigenvalue weighted by molar-refractivity contribution is -0.149. The van der Waals surface area contributed by atoms with E-state index in [9.17, 15) is 4.79 Å². The minimum Gasteiger partial charge on any atom is -0.423 e. The first-order valence-corrected chi connectivity index (χ1v) is 7.25. The molecular formula is C18H18O4. The summed E-state index contributed by atoms with van der Waals surface area (Å²) in [5.74, 6) is -0.539. The second kappa shape index (κ2) is 5.91. The largest absolute Gasteiger partial charge is 0.423 e. The summed E-state index contributed by atoms with van der Waals surface area (Å²) in [7, 11) is 0. The van der Waals surface area contributed by atoms with Gasteiger partial charge in [-0.2, -0.15) is 0 Å². The molecule has 1 aliphatic rings. The van der Waals surface area contributed by atoms with Crippen molar-refractivity contribution in [1.29, 1.82) is 0 Å². The molecule has 4 nitrogen and oxygen atoms in total. The van der Waals surface area contributed by atoms with E-state index in [0.29, 0.717) is 24.5 Å². The van der Waals surface area contributed by atoms with Gasteiger partial charge < -0.3 is 14.2 Å². The van der Waals surface area contributed by atoms with Crippen molar-refractivity contribution in [1.82, 2.24) is 0 Å². The Morgan fingerprint density at radius 2 is 1.77 bits per heavy atom. The summed E-state index contributed by atoms with van der Waals surface area (Å²) in [5, 5.41) is 0. The Balaban J connectivity index is 1.80. The van der Waals surface area contributed by atoms with E-state index in [1.807, 2.05) is 44.2 Å². The average Bonchev–Trinajstić information content (AvgIpc) is 2.98. The standard InChI is InChI=1S/C18H18O4/c1-13-12-15(18(2)20-10-11-21-18)8-9-16(13)22-17(19)14-6-4-3-5-7-14/h3-9,12H,10-11H2,1-2H3. The molecule has 1 saturated heterocycles. The zero-order valence-electron chi connectivity index (χ0n) is 12.7. The number of esters is 1. The smallest absolute Gasteiger partial charge is 0.343 e. The van der Waals surface area contributed by atoms with E-state index in [0.717, 1.165) is 11.1 Å². The maximum atomic E-state index is 12.1. The van der Waals surface area contributed by atoms with Crippen molar-refractivity contribution in [3.05, 3.63) is 65.2 Å². The van der Waals surface area contributed by atoms with E-state index in [1.54, 1.807) is 18.2 Å². The molecule has 2 aromatic rings. The van der Waals surface area contributed by atoms with Gasteiger partial charge in [-0.05, 0) is 49.7 Å². The highest BCUT2D eigenvalue weighted by molar-refractivity contribution is 5.91. The highest BCUT2D eigenvalue weighted by Crippen LogP contribution is 2.33. The lowest BCUT2D eigenvalue weighted by Crippen LogP contribution is -2.22. The van der Waals surface area contributed by atoms with Crippen molar-refractivity contribution < 1.29 is 19.0 Å². The predicted molar refractivity (Wildman–Crippen MR) is 81.8 cm³/mol. The molecule has 22 heavy (non-hydrogen) atoms. The lowest BCUT2D eigenvalue weighted by atomic mass is 10.0. The Kier molecular flexibility index (Phi) is 3.96. The fraction of sp³-hybridized carbons (Fsp3) is 0.278. The number of carbonyl (C=O) groups excluding carboxylic acids is 1. The topological polar surface area (TPSA) is 44.8 Å². The number of rotatable bonds is 3. The summed E-state index contributed by atoms with van der Waals surface area (Å²) in [5.41, 5.74) is 2.31. The van der Waals surface area contributed by atoms with Crippen LogP contribution in [0, 0.1) is 6.92 Å². The van der Waals surface area contributed by atoms with Crippen molar-refractivity contribution in [2.75, 3.05) is 13.2 Å². The zero-order valence-corrected chi connectivity index (χ0v) is 12.7. The number of hydrogen-bond donors (Lipinski definition) is 0. The maximum absolute atomic E-state index is 12.1. The van der Waals surface area contributed by atoms with Gasteiger partial charge in [-0.3, -0.25) is 0 Å².